The summed E-state index contributed by atoms with van der Waals surface area (Å²) in [5, 5.41) is 0. The van der Waals surface area contributed by atoms with Crippen LogP contribution < -0.4 is 10.5 Å². The van der Waals surface area contributed by atoms with Gasteiger partial charge in [0, 0.05) is 19.0 Å². The van der Waals surface area contributed by atoms with E-state index < -0.39 is 0 Å². The maximum atomic E-state index is 12.6. The van der Waals surface area contributed by atoms with Gasteiger partial charge < -0.3 is 15.4 Å². The first-order chi connectivity index (χ1) is 11.0. The molecule has 1 fully saturated rings. The predicted octanol–water partition coefficient (Wildman–Crippen LogP) is 2.13. The molecule has 1 aromatic carbocycles. The van der Waals surface area contributed by atoms with Gasteiger partial charge in [-0.3, -0.25) is 9.59 Å². The Morgan fingerprint density at radius 3 is 2.74 bits per heavy atom. The number of rotatable bonds is 6. The Balaban J connectivity index is 1.97. The van der Waals surface area contributed by atoms with Crippen LogP contribution in [0.4, 0.5) is 0 Å². The topological polar surface area (TPSA) is 72.6 Å². The number of carbonyl (C=O) groups excluding carboxylic acids is 2. The van der Waals surface area contributed by atoms with Crippen LogP contribution in [0.2, 0.25) is 0 Å². The van der Waals surface area contributed by atoms with Crippen molar-refractivity contribution in [2.75, 3.05) is 13.2 Å². The van der Waals surface area contributed by atoms with Gasteiger partial charge >= 0.3 is 0 Å². The van der Waals surface area contributed by atoms with Crippen molar-refractivity contribution in [1.29, 1.82) is 0 Å². The van der Waals surface area contributed by atoms with Crippen LogP contribution in [-0.2, 0) is 16.0 Å². The molecule has 0 spiro atoms. The molecular weight excluding hydrogens is 292 g/mol. The summed E-state index contributed by atoms with van der Waals surface area (Å²) in [7, 11) is 0. The fourth-order valence-corrected chi connectivity index (χ4v) is 3.08. The number of aryl methyl sites for hydroxylation is 1. The first-order valence-corrected chi connectivity index (χ1v) is 8.32. The van der Waals surface area contributed by atoms with Crippen molar-refractivity contribution in [3.63, 3.8) is 0 Å². The number of carbonyl (C=O) groups is 2. The molecule has 0 aliphatic carbocycles. The number of para-hydroxylation sites is 1. The number of primary amides is 1. The summed E-state index contributed by atoms with van der Waals surface area (Å²) in [5.41, 5.74) is 6.44. The van der Waals surface area contributed by atoms with Crippen molar-refractivity contribution in [3.05, 3.63) is 29.8 Å². The molecule has 2 amide bonds. The standard InChI is InChI=1S/C18H26N2O3/c1-3-23-16-7-5-4-6-14(16)10-11-17(21)20-12-15(18(19)22)9-8-13(20)2/h4-7,13,15H,3,8-12H2,1-2H3,(H2,19,22)/t13-,15+/m1/s1. The van der Waals surface area contributed by atoms with Crippen molar-refractivity contribution >= 4 is 11.8 Å². The summed E-state index contributed by atoms with van der Waals surface area (Å²) >= 11 is 0. The van der Waals surface area contributed by atoms with Gasteiger partial charge in [-0.2, -0.15) is 0 Å². The number of benzene rings is 1. The zero-order chi connectivity index (χ0) is 16.8. The van der Waals surface area contributed by atoms with E-state index in [2.05, 4.69) is 0 Å². The molecule has 1 heterocycles. The molecule has 0 saturated carbocycles. The van der Waals surface area contributed by atoms with Crippen molar-refractivity contribution < 1.29 is 14.3 Å². The Morgan fingerprint density at radius 2 is 2.04 bits per heavy atom. The van der Waals surface area contributed by atoms with Crippen LogP contribution in [0.15, 0.2) is 24.3 Å². The van der Waals surface area contributed by atoms with Gasteiger partial charge in [0.1, 0.15) is 5.75 Å². The van der Waals surface area contributed by atoms with Crippen molar-refractivity contribution in [1.82, 2.24) is 4.90 Å². The maximum absolute atomic E-state index is 12.6. The number of hydrogen-bond acceptors (Lipinski definition) is 3. The van der Waals surface area contributed by atoms with Gasteiger partial charge in [-0.15, -0.1) is 0 Å². The highest BCUT2D eigenvalue weighted by molar-refractivity contribution is 5.80. The molecule has 2 atom stereocenters. The van der Waals surface area contributed by atoms with E-state index >= 15 is 0 Å². The normalized spacial score (nSPS) is 21.0. The lowest BCUT2D eigenvalue weighted by atomic mass is 9.92. The van der Waals surface area contributed by atoms with Crippen LogP contribution >= 0.6 is 0 Å². The third kappa shape index (κ3) is 4.47. The molecule has 0 unspecified atom stereocenters. The summed E-state index contributed by atoms with van der Waals surface area (Å²) in [6.07, 6.45) is 2.65. The highest BCUT2D eigenvalue weighted by atomic mass is 16.5. The van der Waals surface area contributed by atoms with Crippen LogP contribution in [0.5, 0.6) is 5.75 Å². The summed E-state index contributed by atoms with van der Waals surface area (Å²) < 4.78 is 5.60. The van der Waals surface area contributed by atoms with Crippen LogP contribution in [0.3, 0.4) is 0 Å². The fraction of sp³-hybridized carbons (Fsp3) is 0.556. The van der Waals surface area contributed by atoms with Crippen LogP contribution in [0.1, 0.15) is 38.7 Å². The van der Waals surface area contributed by atoms with E-state index in [-0.39, 0.29) is 23.8 Å². The lowest BCUT2D eigenvalue weighted by Crippen LogP contribution is -2.48. The first kappa shape index (κ1) is 17.3. The number of nitrogens with two attached hydrogens (primary N) is 1. The smallest absolute Gasteiger partial charge is 0.223 e. The number of ether oxygens (including phenoxy) is 1. The first-order valence-electron chi connectivity index (χ1n) is 8.32. The lowest BCUT2D eigenvalue weighted by Gasteiger charge is -2.37. The Kier molecular flexibility index (Phi) is 6.02. The van der Waals surface area contributed by atoms with E-state index in [1.54, 1.807) is 0 Å². The molecule has 0 radical (unpaired) electrons. The van der Waals surface area contributed by atoms with Gasteiger partial charge in [-0.05, 0) is 44.7 Å². The largest absolute Gasteiger partial charge is 0.494 e. The average molecular weight is 318 g/mol. The van der Waals surface area contributed by atoms with Crippen molar-refractivity contribution in [3.8, 4) is 5.75 Å². The highest BCUT2D eigenvalue weighted by Crippen LogP contribution is 2.24. The third-order valence-corrected chi connectivity index (χ3v) is 4.49. The van der Waals surface area contributed by atoms with E-state index in [0.717, 1.165) is 24.2 Å². The summed E-state index contributed by atoms with van der Waals surface area (Å²) in [4.78, 5) is 25.8. The number of amides is 2. The molecule has 1 aliphatic rings. The molecule has 1 aliphatic heterocycles. The minimum atomic E-state index is -0.309. The van der Waals surface area contributed by atoms with Gasteiger partial charge in [0.2, 0.25) is 11.8 Å². The predicted molar refractivity (Wildman–Crippen MR) is 89.0 cm³/mol. The second kappa shape index (κ2) is 7.99. The third-order valence-electron chi connectivity index (χ3n) is 4.49. The number of piperidine rings is 1. The van der Waals surface area contributed by atoms with Gasteiger partial charge in [0.05, 0.1) is 12.5 Å². The molecule has 5 nitrogen and oxygen atoms in total. The summed E-state index contributed by atoms with van der Waals surface area (Å²) in [5.74, 6) is 0.390. The summed E-state index contributed by atoms with van der Waals surface area (Å²) in [6, 6.07) is 7.97. The fourth-order valence-electron chi connectivity index (χ4n) is 3.08. The van der Waals surface area contributed by atoms with Crippen molar-refractivity contribution in [2.24, 2.45) is 11.7 Å². The zero-order valence-corrected chi connectivity index (χ0v) is 14.0. The molecule has 23 heavy (non-hydrogen) atoms. The Hall–Kier alpha value is -2.04. The van der Waals surface area contributed by atoms with E-state index in [1.165, 1.54) is 0 Å². The Labute approximate surface area is 137 Å². The molecule has 5 heteroatoms. The van der Waals surface area contributed by atoms with Gasteiger partial charge in [0.25, 0.3) is 0 Å². The van der Waals surface area contributed by atoms with Crippen LogP contribution in [0.25, 0.3) is 0 Å². The lowest BCUT2D eigenvalue weighted by molar-refractivity contribution is -0.137. The molecule has 0 bridgehead atoms. The highest BCUT2D eigenvalue weighted by Gasteiger charge is 2.31. The molecule has 0 aromatic heterocycles. The molecule has 2 rings (SSSR count). The molecule has 1 aromatic rings. The SMILES string of the molecule is CCOc1ccccc1CCC(=O)N1C[C@@H](C(N)=O)CC[C@H]1C. The van der Waals surface area contributed by atoms with E-state index in [1.807, 2.05) is 43.0 Å². The minimum absolute atomic E-state index is 0.0785. The molecular formula is C18H26N2O3. The number of likely N-dealkylation sites (tertiary alicyclic amines) is 1. The maximum Gasteiger partial charge on any atom is 0.223 e. The molecule has 126 valence electrons. The summed E-state index contributed by atoms with van der Waals surface area (Å²) in [6.45, 7) is 5.03. The monoisotopic (exact) mass is 318 g/mol. The Bertz CT molecular complexity index is 559. The van der Waals surface area contributed by atoms with Crippen LogP contribution in [0, 0.1) is 5.92 Å². The molecule has 1 saturated heterocycles. The van der Waals surface area contributed by atoms with E-state index in [9.17, 15) is 9.59 Å². The zero-order valence-electron chi connectivity index (χ0n) is 14.0. The second-order valence-corrected chi connectivity index (χ2v) is 6.11. The number of hydrogen-bond donors (Lipinski definition) is 1. The van der Waals surface area contributed by atoms with E-state index in [0.29, 0.717) is 26.0 Å². The van der Waals surface area contributed by atoms with Gasteiger partial charge in [-0.1, -0.05) is 18.2 Å². The quantitative estimate of drug-likeness (QED) is 0.873. The molecule has 2 N–H and O–H groups in total. The minimum Gasteiger partial charge on any atom is -0.494 e. The van der Waals surface area contributed by atoms with Gasteiger partial charge in [-0.25, -0.2) is 0 Å². The van der Waals surface area contributed by atoms with Crippen molar-refractivity contribution in [2.45, 2.75) is 45.6 Å². The van der Waals surface area contributed by atoms with Crippen LogP contribution in [-0.4, -0.2) is 35.9 Å². The Morgan fingerprint density at radius 1 is 1.30 bits per heavy atom. The second-order valence-electron chi connectivity index (χ2n) is 6.11. The van der Waals surface area contributed by atoms with E-state index in [4.69, 9.17) is 10.5 Å². The van der Waals surface area contributed by atoms with Gasteiger partial charge in [0.15, 0.2) is 0 Å². The number of nitrogens with zero attached hydrogens (tertiary/aromatic N) is 1. The average Bonchev–Trinajstić information content (AvgIpc) is 2.54.